The third kappa shape index (κ3) is 6.10. The monoisotopic (exact) mass is 484 g/mol. The number of likely N-dealkylation sites (N-methyl/N-ethyl adjacent to an activating group) is 1. The van der Waals surface area contributed by atoms with Gasteiger partial charge in [-0.05, 0) is 60.8 Å². The fraction of sp³-hybridized carbons (Fsp3) is 0.292. The summed E-state index contributed by atoms with van der Waals surface area (Å²) in [7, 11) is 1.78. The van der Waals surface area contributed by atoms with Crippen molar-refractivity contribution in [2.75, 3.05) is 20.1 Å². The van der Waals surface area contributed by atoms with Gasteiger partial charge in [-0.3, -0.25) is 9.69 Å². The highest BCUT2D eigenvalue weighted by molar-refractivity contribution is 7.13. The van der Waals surface area contributed by atoms with Crippen LogP contribution in [0.15, 0.2) is 62.7 Å². The minimum atomic E-state index is -0.00844. The van der Waals surface area contributed by atoms with E-state index in [1.807, 2.05) is 58.8 Å². The Kier molecular flexibility index (Phi) is 7.59. The van der Waals surface area contributed by atoms with E-state index in [2.05, 4.69) is 17.1 Å². The smallest absolute Gasteiger partial charge is 0.257 e. The van der Waals surface area contributed by atoms with Crippen LogP contribution in [0, 0.1) is 0 Å². The number of nitrogens with zero attached hydrogens (tertiary/aromatic N) is 4. The molecule has 0 spiro atoms. The molecule has 0 saturated heterocycles. The maximum atomic E-state index is 12.9. The standard InChI is InChI=1S/C24H25ClN4O3S/c1-3-12-29(15-22-26-27-24(32-22)21-5-4-13-33-21)16-23(30)28(2)14-19-10-11-20(31-19)17-6-8-18(25)9-7-17/h4-11,13H,3,12,14-16H2,1-2H3. The molecule has 0 unspecified atom stereocenters. The maximum Gasteiger partial charge on any atom is 0.257 e. The molecule has 0 aliphatic carbocycles. The molecule has 1 amide bonds. The lowest BCUT2D eigenvalue weighted by Crippen LogP contribution is -2.38. The van der Waals surface area contributed by atoms with E-state index in [0.717, 1.165) is 34.9 Å². The molecule has 1 aromatic carbocycles. The molecule has 9 heteroatoms. The first-order valence-electron chi connectivity index (χ1n) is 10.7. The zero-order chi connectivity index (χ0) is 23.2. The quantitative estimate of drug-likeness (QED) is 0.292. The minimum Gasteiger partial charge on any atom is -0.459 e. The highest BCUT2D eigenvalue weighted by Gasteiger charge is 2.19. The summed E-state index contributed by atoms with van der Waals surface area (Å²) in [4.78, 5) is 17.5. The number of aromatic nitrogens is 2. The summed E-state index contributed by atoms with van der Waals surface area (Å²) in [6.07, 6.45) is 0.908. The summed E-state index contributed by atoms with van der Waals surface area (Å²) >= 11 is 7.51. The number of hydrogen-bond donors (Lipinski definition) is 0. The first-order chi connectivity index (χ1) is 16.0. The molecule has 0 atom stereocenters. The number of halogens is 1. The molecular formula is C24H25ClN4O3S. The van der Waals surface area contributed by atoms with E-state index in [0.29, 0.717) is 29.9 Å². The van der Waals surface area contributed by atoms with Gasteiger partial charge in [0.1, 0.15) is 11.5 Å². The van der Waals surface area contributed by atoms with Crippen molar-refractivity contribution in [3.63, 3.8) is 0 Å². The topological polar surface area (TPSA) is 75.6 Å². The number of benzene rings is 1. The molecule has 0 saturated carbocycles. The van der Waals surface area contributed by atoms with Gasteiger partial charge in [-0.15, -0.1) is 21.5 Å². The lowest BCUT2D eigenvalue weighted by atomic mass is 10.2. The number of hydrogen-bond acceptors (Lipinski definition) is 7. The van der Waals surface area contributed by atoms with Gasteiger partial charge in [-0.25, -0.2) is 0 Å². The summed E-state index contributed by atoms with van der Waals surface area (Å²) in [5, 5.41) is 10.9. The average molecular weight is 485 g/mol. The van der Waals surface area contributed by atoms with Crippen LogP contribution in [-0.4, -0.2) is 46.0 Å². The number of rotatable bonds is 10. The van der Waals surface area contributed by atoms with Gasteiger partial charge in [-0.1, -0.05) is 24.6 Å². The van der Waals surface area contributed by atoms with Crippen molar-refractivity contribution in [2.24, 2.45) is 0 Å². The van der Waals surface area contributed by atoms with Crippen LogP contribution in [0.2, 0.25) is 5.02 Å². The Balaban J connectivity index is 1.35. The second-order valence-corrected chi connectivity index (χ2v) is 9.10. The van der Waals surface area contributed by atoms with Crippen LogP contribution >= 0.6 is 22.9 Å². The third-order valence-corrected chi connectivity index (χ3v) is 6.18. The van der Waals surface area contributed by atoms with E-state index in [1.165, 1.54) is 0 Å². The Labute approximate surface area is 201 Å². The summed E-state index contributed by atoms with van der Waals surface area (Å²) < 4.78 is 11.7. The fourth-order valence-electron chi connectivity index (χ4n) is 3.40. The molecule has 0 radical (unpaired) electrons. The summed E-state index contributed by atoms with van der Waals surface area (Å²) in [6.45, 7) is 3.89. The van der Waals surface area contributed by atoms with Crippen molar-refractivity contribution in [3.8, 4) is 22.1 Å². The normalized spacial score (nSPS) is 11.3. The van der Waals surface area contributed by atoms with E-state index in [-0.39, 0.29) is 12.5 Å². The summed E-state index contributed by atoms with van der Waals surface area (Å²) in [5.74, 6) is 2.46. The van der Waals surface area contributed by atoms with E-state index >= 15 is 0 Å². The van der Waals surface area contributed by atoms with Gasteiger partial charge in [0.2, 0.25) is 11.8 Å². The predicted octanol–water partition coefficient (Wildman–Crippen LogP) is 5.58. The second-order valence-electron chi connectivity index (χ2n) is 7.71. The molecule has 3 aromatic heterocycles. The lowest BCUT2D eigenvalue weighted by molar-refractivity contribution is -0.132. The number of carbonyl (C=O) groups excluding carboxylic acids is 1. The highest BCUT2D eigenvalue weighted by atomic mass is 35.5. The Bertz CT molecular complexity index is 1170. The molecule has 0 aliphatic heterocycles. The molecule has 3 heterocycles. The third-order valence-electron chi connectivity index (χ3n) is 5.07. The van der Waals surface area contributed by atoms with Crippen molar-refractivity contribution >= 4 is 28.8 Å². The first-order valence-corrected chi connectivity index (χ1v) is 11.9. The second kappa shape index (κ2) is 10.8. The SMILES string of the molecule is CCCN(CC(=O)N(C)Cc1ccc(-c2ccc(Cl)cc2)o1)Cc1nnc(-c2cccs2)o1. The van der Waals surface area contributed by atoms with Crippen LogP contribution in [0.4, 0.5) is 0 Å². The van der Waals surface area contributed by atoms with Crippen molar-refractivity contribution in [3.05, 3.63) is 70.6 Å². The maximum absolute atomic E-state index is 12.9. The van der Waals surface area contributed by atoms with E-state index in [4.69, 9.17) is 20.4 Å². The Morgan fingerprint density at radius 1 is 1.06 bits per heavy atom. The minimum absolute atomic E-state index is 0.00844. The van der Waals surface area contributed by atoms with Gasteiger partial charge >= 0.3 is 0 Å². The van der Waals surface area contributed by atoms with Gasteiger partial charge in [0.15, 0.2) is 0 Å². The molecular weight excluding hydrogens is 460 g/mol. The van der Waals surface area contributed by atoms with Crippen LogP contribution in [0.5, 0.6) is 0 Å². The van der Waals surface area contributed by atoms with Crippen LogP contribution in [0.3, 0.4) is 0 Å². The van der Waals surface area contributed by atoms with Crippen molar-refractivity contribution < 1.29 is 13.6 Å². The van der Waals surface area contributed by atoms with Crippen LogP contribution in [0.25, 0.3) is 22.1 Å². The van der Waals surface area contributed by atoms with Gasteiger partial charge in [0.05, 0.1) is 24.5 Å². The van der Waals surface area contributed by atoms with Gasteiger partial charge in [-0.2, -0.15) is 0 Å². The van der Waals surface area contributed by atoms with Crippen LogP contribution < -0.4 is 0 Å². The number of thiophene rings is 1. The molecule has 0 aliphatic rings. The molecule has 0 N–H and O–H groups in total. The molecule has 33 heavy (non-hydrogen) atoms. The van der Waals surface area contributed by atoms with Crippen molar-refractivity contribution in [1.82, 2.24) is 20.0 Å². The Morgan fingerprint density at radius 3 is 2.61 bits per heavy atom. The molecule has 0 fully saturated rings. The molecule has 4 rings (SSSR count). The number of amides is 1. The predicted molar refractivity (Wildman–Crippen MR) is 129 cm³/mol. The number of furan rings is 1. The fourth-order valence-corrected chi connectivity index (χ4v) is 4.18. The van der Waals surface area contributed by atoms with Gasteiger partial charge < -0.3 is 13.7 Å². The van der Waals surface area contributed by atoms with E-state index < -0.39 is 0 Å². The van der Waals surface area contributed by atoms with E-state index in [9.17, 15) is 4.79 Å². The Morgan fingerprint density at radius 2 is 1.88 bits per heavy atom. The van der Waals surface area contributed by atoms with Crippen molar-refractivity contribution in [2.45, 2.75) is 26.4 Å². The summed E-state index contributed by atoms with van der Waals surface area (Å²) in [5.41, 5.74) is 0.940. The van der Waals surface area contributed by atoms with E-state index in [1.54, 1.807) is 23.3 Å². The zero-order valence-electron chi connectivity index (χ0n) is 18.5. The van der Waals surface area contributed by atoms with Gasteiger partial charge in [0, 0.05) is 17.6 Å². The Hall–Kier alpha value is -2.94. The number of carbonyl (C=O) groups is 1. The highest BCUT2D eigenvalue weighted by Crippen LogP contribution is 2.25. The largest absolute Gasteiger partial charge is 0.459 e. The molecule has 7 nitrogen and oxygen atoms in total. The molecule has 0 bridgehead atoms. The van der Waals surface area contributed by atoms with Crippen LogP contribution in [0.1, 0.15) is 25.0 Å². The molecule has 172 valence electrons. The first kappa shape index (κ1) is 23.2. The van der Waals surface area contributed by atoms with Gasteiger partial charge in [0.25, 0.3) is 5.89 Å². The lowest BCUT2D eigenvalue weighted by Gasteiger charge is -2.23. The average Bonchev–Trinajstić information content (AvgIpc) is 3.56. The summed E-state index contributed by atoms with van der Waals surface area (Å²) in [6, 6.07) is 15.1. The van der Waals surface area contributed by atoms with Crippen LogP contribution in [-0.2, 0) is 17.9 Å². The van der Waals surface area contributed by atoms with Crippen molar-refractivity contribution in [1.29, 1.82) is 0 Å². The zero-order valence-corrected chi connectivity index (χ0v) is 20.1. The molecule has 4 aromatic rings.